The Morgan fingerprint density at radius 3 is 2.07 bits per heavy atom. The topological polar surface area (TPSA) is 161 Å². The number of rotatable bonds is 7. The number of hydrogen-bond donors (Lipinski definition) is 3. The Balaban J connectivity index is 1.81. The number of aromatic nitrogens is 3. The SMILES string of the molecule is O=[N+]([O-])c1ccc(NNc2ncnc(Nc3ccncc3)c2[N+](=O)[O-])cc1. The Hall–Kier alpha value is -4.35. The Bertz CT molecular complexity index is 965. The van der Waals surface area contributed by atoms with E-state index in [2.05, 4.69) is 31.1 Å². The molecule has 0 aliphatic heterocycles. The molecule has 3 rings (SSSR count). The van der Waals surface area contributed by atoms with E-state index >= 15 is 0 Å². The zero-order valence-electron chi connectivity index (χ0n) is 13.6. The largest absolute Gasteiger partial charge is 0.355 e. The average Bonchev–Trinajstić information content (AvgIpc) is 2.67. The van der Waals surface area contributed by atoms with Gasteiger partial charge in [0.05, 0.1) is 15.5 Å². The van der Waals surface area contributed by atoms with Crippen molar-refractivity contribution in [3.63, 3.8) is 0 Å². The van der Waals surface area contributed by atoms with Crippen LogP contribution in [-0.2, 0) is 0 Å². The minimum Gasteiger partial charge on any atom is -0.334 e. The summed E-state index contributed by atoms with van der Waals surface area (Å²) in [4.78, 5) is 32.7. The first-order chi connectivity index (χ1) is 13.0. The lowest BCUT2D eigenvalue weighted by atomic mass is 10.3. The van der Waals surface area contributed by atoms with Crippen molar-refractivity contribution in [3.8, 4) is 0 Å². The minimum absolute atomic E-state index is 0.00537. The first-order valence-corrected chi connectivity index (χ1v) is 7.47. The van der Waals surface area contributed by atoms with Crippen molar-refractivity contribution < 1.29 is 9.85 Å². The summed E-state index contributed by atoms with van der Waals surface area (Å²) in [6.07, 6.45) is 4.23. The third-order valence-electron chi connectivity index (χ3n) is 3.35. The number of nitrogens with zero attached hydrogens (tertiary/aromatic N) is 5. The second-order valence-electron chi connectivity index (χ2n) is 5.09. The maximum absolute atomic E-state index is 11.5. The zero-order valence-corrected chi connectivity index (χ0v) is 13.6. The highest BCUT2D eigenvalue weighted by atomic mass is 16.6. The number of anilines is 4. The fourth-order valence-corrected chi connectivity index (χ4v) is 2.10. The molecule has 0 radical (unpaired) electrons. The number of nitro groups is 2. The molecule has 3 aromatic rings. The Morgan fingerprint density at radius 1 is 0.778 bits per heavy atom. The van der Waals surface area contributed by atoms with Crippen molar-refractivity contribution in [1.82, 2.24) is 15.0 Å². The van der Waals surface area contributed by atoms with E-state index < -0.39 is 9.85 Å². The van der Waals surface area contributed by atoms with E-state index in [1.807, 2.05) is 0 Å². The van der Waals surface area contributed by atoms with Crippen molar-refractivity contribution in [1.29, 1.82) is 0 Å². The molecule has 0 bridgehead atoms. The van der Waals surface area contributed by atoms with Gasteiger partial charge in [-0.3, -0.25) is 36.1 Å². The van der Waals surface area contributed by atoms with Crippen LogP contribution in [0.1, 0.15) is 0 Å². The van der Waals surface area contributed by atoms with Gasteiger partial charge in [-0.1, -0.05) is 0 Å². The van der Waals surface area contributed by atoms with Crippen LogP contribution in [0.2, 0.25) is 0 Å². The van der Waals surface area contributed by atoms with Gasteiger partial charge in [-0.25, -0.2) is 9.97 Å². The molecular formula is C15H12N8O4. The highest BCUT2D eigenvalue weighted by Gasteiger charge is 2.23. The van der Waals surface area contributed by atoms with Gasteiger partial charge in [-0.2, -0.15) is 0 Å². The average molecular weight is 368 g/mol. The number of benzene rings is 1. The van der Waals surface area contributed by atoms with Crippen molar-refractivity contribution >= 4 is 34.4 Å². The van der Waals surface area contributed by atoms with Gasteiger partial charge < -0.3 is 5.32 Å². The molecule has 0 unspecified atom stereocenters. The molecule has 1 aromatic carbocycles. The van der Waals surface area contributed by atoms with Crippen LogP contribution in [0.25, 0.3) is 0 Å². The van der Waals surface area contributed by atoms with Crippen LogP contribution in [0, 0.1) is 20.2 Å². The molecule has 27 heavy (non-hydrogen) atoms. The van der Waals surface area contributed by atoms with Crippen molar-refractivity contribution in [2.45, 2.75) is 0 Å². The molecule has 0 atom stereocenters. The summed E-state index contributed by atoms with van der Waals surface area (Å²) in [5.41, 5.74) is 5.91. The van der Waals surface area contributed by atoms with E-state index in [4.69, 9.17) is 0 Å². The maximum atomic E-state index is 11.5. The number of hydrogen-bond acceptors (Lipinski definition) is 10. The normalized spacial score (nSPS) is 10.1. The standard InChI is InChI=1S/C15H12N8O4/c24-22(25)12-3-1-11(2-4-12)20-21-15-13(23(26)27)14(17-9-18-15)19-10-5-7-16-8-6-10/h1-9,20H,(H2,16,17,18,19,21). The van der Waals surface area contributed by atoms with Crippen LogP contribution in [0.3, 0.4) is 0 Å². The van der Waals surface area contributed by atoms with Crippen LogP contribution in [-0.4, -0.2) is 24.8 Å². The van der Waals surface area contributed by atoms with Crippen molar-refractivity contribution in [2.24, 2.45) is 0 Å². The third kappa shape index (κ3) is 4.19. The van der Waals surface area contributed by atoms with Gasteiger partial charge in [0.1, 0.15) is 6.33 Å². The molecule has 2 aromatic heterocycles. The predicted octanol–water partition coefficient (Wildman–Crippen LogP) is 2.87. The number of non-ortho nitro benzene ring substituents is 1. The summed E-state index contributed by atoms with van der Waals surface area (Å²) in [6.45, 7) is 0. The Kier molecular flexibility index (Phi) is 4.98. The highest BCUT2D eigenvalue weighted by Crippen LogP contribution is 2.31. The number of nitrogens with one attached hydrogen (secondary N) is 3. The maximum Gasteiger partial charge on any atom is 0.355 e. The molecule has 0 fully saturated rings. The lowest BCUT2D eigenvalue weighted by Gasteiger charge is -2.11. The van der Waals surface area contributed by atoms with Crippen LogP contribution in [0.4, 0.5) is 34.4 Å². The molecule has 0 aliphatic carbocycles. The van der Waals surface area contributed by atoms with Crippen molar-refractivity contribution in [3.05, 3.63) is 75.3 Å². The predicted molar refractivity (Wildman–Crippen MR) is 96.5 cm³/mol. The van der Waals surface area contributed by atoms with Gasteiger partial charge in [-0.15, -0.1) is 0 Å². The molecule has 0 saturated heterocycles. The highest BCUT2D eigenvalue weighted by molar-refractivity contribution is 5.74. The quantitative estimate of drug-likeness (QED) is 0.417. The summed E-state index contributed by atoms with van der Waals surface area (Å²) in [6, 6.07) is 8.77. The number of nitro benzene ring substituents is 1. The van der Waals surface area contributed by atoms with E-state index in [0.717, 1.165) is 6.33 Å². The van der Waals surface area contributed by atoms with E-state index in [9.17, 15) is 20.2 Å². The van der Waals surface area contributed by atoms with Gasteiger partial charge in [-0.05, 0) is 24.3 Å². The molecule has 0 aliphatic rings. The first kappa shape index (κ1) is 17.5. The summed E-state index contributed by atoms with van der Waals surface area (Å²) < 4.78 is 0. The fraction of sp³-hybridized carbons (Fsp3) is 0. The zero-order chi connectivity index (χ0) is 19.2. The smallest absolute Gasteiger partial charge is 0.334 e. The molecule has 0 spiro atoms. The molecule has 12 nitrogen and oxygen atoms in total. The minimum atomic E-state index is -0.622. The van der Waals surface area contributed by atoms with Crippen molar-refractivity contribution in [2.75, 3.05) is 16.2 Å². The molecule has 2 heterocycles. The summed E-state index contributed by atoms with van der Waals surface area (Å²) in [7, 11) is 0. The number of hydrazine groups is 1. The molecule has 12 heteroatoms. The third-order valence-corrected chi connectivity index (χ3v) is 3.35. The molecule has 0 saturated carbocycles. The van der Waals surface area contributed by atoms with E-state index in [1.165, 1.54) is 36.7 Å². The van der Waals surface area contributed by atoms with Gasteiger partial charge in [0, 0.05) is 30.2 Å². The molecule has 0 amide bonds. The number of pyridine rings is 1. The van der Waals surface area contributed by atoms with Crippen LogP contribution >= 0.6 is 0 Å². The summed E-state index contributed by atoms with van der Waals surface area (Å²) in [5.74, 6) is -0.0842. The summed E-state index contributed by atoms with van der Waals surface area (Å²) in [5, 5.41) is 25.0. The molecular weight excluding hydrogens is 356 g/mol. The van der Waals surface area contributed by atoms with Crippen LogP contribution in [0.5, 0.6) is 0 Å². The van der Waals surface area contributed by atoms with E-state index in [0.29, 0.717) is 11.4 Å². The Labute approximate surface area is 151 Å². The van der Waals surface area contributed by atoms with Gasteiger partial charge >= 0.3 is 5.69 Å². The van der Waals surface area contributed by atoms with E-state index in [-0.39, 0.29) is 23.0 Å². The summed E-state index contributed by atoms with van der Waals surface area (Å²) >= 11 is 0. The molecule has 136 valence electrons. The van der Waals surface area contributed by atoms with E-state index in [1.54, 1.807) is 12.1 Å². The monoisotopic (exact) mass is 368 g/mol. The Morgan fingerprint density at radius 2 is 1.44 bits per heavy atom. The first-order valence-electron chi connectivity index (χ1n) is 7.47. The van der Waals surface area contributed by atoms with Gasteiger partial charge in [0.15, 0.2) is 0 Å². The second kappa shape index (κ2) is 7.69. The molecule has 3 N–H and O–H groups in total. The van der Waals surface area contributed by atoms with Gasteiger partial charge in [0.2, 0.25) is 11.6 Å². The lowest BCUT2D eigenvalue weighted by molar-refractivity contribution is -0.384. The fourth-order valence-electron chi connectivity index (χ4n) is 2.10. The van der Waals surface area contributed by atoms with Crippen LogP contribution in [0.15, 0.2) is 55.1 Å². The second-order valence-corrected chi connectivity index (χ2v) is 5.09. The van der Waals surface area contributed by atoms with Crippen LogP contribution < -0.4 is 16.2 Å². The lowest BCUT2D eigenvalue weighted by Crippen LogP contribution is -2.13. The van der Waals surface area contributed by atoms with Gasteiger partial charge in [0.25, 0.3) is 5.69 Å².